The summed E-state index contributed by atoms with van der Waals surface area (Å²) in [5, 5.41) is 11.5. The highest BCUT2D eigenvalue weighted by molar-refractivity contribution is 7.20. The van der Waals surface area contributed by atoms with Crippen LogP contribution in [0.3, 0.4) is 0 Å². The van der Waals surface area contributed by atoms with Crippen LogP contribution in [0.2, 0.25) is 0 Å². The minimum absolute atomic E-state index is 0.100. The first kappa shape index (κ1) is 18.5. The number of aryl methyl sites for hydroxylation is 2. The minimum atomic E-state index is 0.100. The Bertz CT molecular complexity index is 1120. The van der Waals surface area contributed by atoms with Gasteiger partial charge in [-0.3, -0.25) is 14.4 Å². The molecular weight excluding hydrogens is 408 g/mol. The van der Waals surface area contributed by atoms with E-state index in [0.717, 1.165) is 38.8 Å². The minimum Gasteiger partial charge on any atom is -0.338 e. The second kappa shape index (κ2) is 7.36. The van der Waals surface area contributed by atoms with Crippen LogP contribution in [-0.2, 0) is 13.6 Å². The number of fused-ring (bicyclic) bond motifs is 1. The molecule has 0 aromatic carbocycles. The summed E-state index contributed by atoms with van der Waals surface area (Å²) in [5.74, 6) is 1.35. The van der Waals surface area contributed by atoms with E-state index in [9.17, 15) is 4.79 Å². The SMILES string of the molecule is Cc1nn(C)c2sc(C(=O)N3CCN(Cc4nc(-c5cccs5)no4)CC3)cc12. The lowest BCUT2D eigenvalue weighted by Crippen LogP contribution is -2.48. The average molecular weight is 429 g/mol. The molecule has 1 aliphatic rings. The van der Waals surface area contributed by atoms with Crippen molar-refractivity contribution in [3.8, 4) is 10.7 Å². The molecule has 0 saturated carbocycles. The summed E-state index contributed by atoms with van der Waals surface area (Å²) < 4.78 is 7.24. The van der Waals surface area contributed by atoms with E-state index in [2.05, 4.69) is 20.1 Å². The van der Waals surface area contributed by atoms with E-state index in [0.29, 0.717) is 31.3 Å². The van der Waals surface area contributed by atoms with E-state index >= 15 is 0 Å². The summed E-state index contributed by atoms with van der Waals surface area (Å²) in [6, 6.07) is 5.93. The highest BCUT2D eigenvalue weighted by Gasteiger charge is 2.25. The van der Waals surface area contributed by atoms with Crippen molar-refractivity contribution < 1.29 is 9.32 Å². The molecule has 0 atom stereocenters. The Hall–Kier alpha value is -2.56. The van der Waals surface area contributed by atoms with Gasteiger partial charge < -0.3 is 9.42 Å². The lowest BCUT2D eigenvalue weighted by atomic mass is 10.2. The summed E-state index contributed by atoms with van der Waals surface area (Å²) >= 11 is 3.11. The third kappa shape index (κ3) is 3.47. The van der Waals surface area contributed by atoms with Crippen LogP contribution >= 0.6 is 22.7 Å². The van der Waals surface area contributed by atoms with Gasteiger partial charge in [0.05, 0.1) is 22.0 Å². The summed E-state index contributed by atoms with van der Waals surface area (Å²) in [4.78, 5) is 24.4. The fourth-order valence-electron chi connectivity index (χ4n) is 3.59. The normalized spacial score (nSPS) is 15.4. The highest BCUT2D eigenvalue weighted by Crippen LogP contribution is 2.29. The number of nitrogens with zero attached hydrogens (tertiary/aromatic N) is 6. The molecule has 0 unspecified atom stereocenters. The maximum atomic E-state index is 12.9. The molecule has 1 fully saturated rings. The fourth-order valence-corrected chi connectivity index (χ4v) is 5.33. The number of hydrogen-bond acceptors (Lipinski definition) is 8. The van der Waals surface area contributed by atoms with Crippen molar-refractivity contribution in [2.75, 3.05) is 26.2 Å². The van der Waals surface area contributed by atoms with Gasteiger partial charge >= 0.3 is 0 Å². The molecule has 29 heavy (non-hydrogen) atoms. The summed E-state index contributed by atoms with van der Waals surface area (Å²) in [5.41, 5.74) is 0.962. The number of carbonyl (C=O) groups is 1. The predicted molar refractivity (Wildman–Crippen MR) is 112 cm³/mol. The van der Waals surface area contributed by atoms with Crippen LogP contribution in [0.15, 0.2) is 28.1 Å². The Morgan fingerprint density at radius 3 is 2.83 bits per heavy atom. The fraction of sp³-hybridized carbons (Fsp3) is 0.368. The molecule has 0 spiro atoms. The Kier molecular flexibility index (Phi) is 4.69. The van der Waals surface area contributed by atoms with Gasteiger partial charge in [-0.25, -0.2) is 0 Å². The van der Waals surface area contributed by atoms with Crippen molar-refractivity contribution in [2.24, 2.45) is 7.05 Å². The third-order valence-corrected chi connectivity index (χ3v) is 7.19. The van der Waals surface area contributed by atoms with Crippen LogP contribution < -0.4 is 0 Å². The second-order valence-corrected chi connectivity index (χ2v) is 9.07. The zero-order valence-electron chi connectivity index (χ0n) is 16.2. The van der Waals surface area contributed by atoms with Crippen LogP contribution in [0.5, 0.6) is 0 Å². The van der Waals surface area contributed by atoms with Gasteiger partial charge in [0.15, 0.2) is 0 Å². The summed E-state index contributed by atoms with van der Waals surface area (Å²) in [6.45, 7) is 5.53. The molecule has 1 amide bonds. The van der Waals surface area contributed by atoms with Gasteiger partial charge in [-0.15, -0.1) is 22.7 Å². The Morgan fingerprint density at radius 1 is 1.28 bits per heavy atom. The standard InChI is InChI=1S/C19H20N6O2S2/c1-12-13-10-15(29-19(13)23(2)21-12)18(26)25-7-5-24(6-8-25)11-16-20-17(22-27-16)14-4-3-9-28-14/h3-4,9-10H,5-8,11H2,1-2H3. The molecule has 4 aromatic rings. The number of piperazine rings is 1. The monoisotopic (exact) mass is 428 g/mol. The molecular formula is C19H20N6O2S2. The molecule has 1 aliphatic heterocycles. The van der Waals surface area contributed by atoms with Crippen molar-refractivity contribution >= 4 is 38.8 Å². The molecule has 5 heterocycles. The van der Waals surface area contributed by atoms with Gasteiger partial charge in [0.2, 0.25) is 11.7 Å². The van der Waals surface area contributed by atoms with Crippen LogP contribution in [0.4, 0.5) is 0 Å². The quantitative estimate of drug-likeness (QED) is 0.497. The first-order chi connectivity index (χ1) is 14.1. The Labute approximate surface area is 175 Å². The van der Waals surface area contributed by atoms with E-state index in [1.807, 2.05) is 47.1 Å². The lowest BCUT2D eigenvalue weighted by Gasteiger charge is -2.33. The Morgan fingerprint density at radius 2 is 2.10 bits per heavy atom. The van der Waals surface area contributed by atoms with E-state index in [1.165, 1.54) is 11.3 Å². The molecule has 1 saturated heterocycles. The van der Waals surface area contributed by atoms with Crippen molar-refractivity contribution in [1.82, 2.24) is 29.7 Å². The number of hydrogen-bond donors (Lipinski definition) is 0. The maximum Gasteiger partial charge on any atom is 0.264 e. The van der Waals surface area contributed by atoms with Crippen molar-refractivity contribution in [3.63, 3.8) is 0 Å². The highest BCUT2D eigenvalue weighted by atomic mass is 32.1. The van der Waals surface area contributed by atoms with Gasteiger partial charge in [0.25, 0.3) is 5.91 Å². The van der Waals surface area contributed by atoms with Crippen molar-refractivity contribution in [2.45, 2.75) is 13.5 Å². The zero-order valence-corrected chi connectivity index (χ0v) is 17.8. The number of aromatic nitrogens is 4. The topological polar surface area (TPSA) is 80.3 Å². The van der Waals surface area contributed by atoms with Crippen LogP contribution in [0.1, 0.15) is 21.3 Å². The number of rotatable bonds is 4. The van der Waals surface area contributed by atoms with Gasteiger partial charge in [-0.2, -0.15) is 10.1 Å². The first-order valence-corrected chi connectivity index (χ1v) is 11.1. The van der Waals surface area contributed by atoms with E-state index in [-0.39, 0.29) is 5.91 Å². The lowest BCUT2D eigenvalue weighted by molar-refractivity contribution is 0.0620. The Balaban J connectivity index is 1.21. The first-order valence-electron chi connectivity index (χ1n) is 9.40. The molecule has 0 radical (unpaired) electrons. The van der Waals surface area contributed by atoms with Crippen LogP contribution in [0.25, 0.3) is 20.9 Å². The van der Waals surface area contributed by atoms with Gasteiger partial charge in [-0.05, 0) is 24.4 Å². The second-order valence-electron chi connectivity index (χ2n) is 7.10. The van der Waals surface area contributed by atoms with Gasteiger partial charge in [-0.1, -0.05) is 11.2 Å². The average Bonchev–Trinajstić information content (AvgIpc) is 3.49. The van der Waals surface area contributed by atoms with Crippen LogP contribution in [0, 0.1) is 6.92 Å². The molecule has 4 aromatic heterocycles. The predicted octanol–water partition coefficient (Wildman–Crippen LogP) is 3.01. The van der Waals surface area contributed by atoms with E-state index in [1.54, 1.807) is 11.3 Å². The van der Waals surface area contributed by atoms with Gasteiger partial charge in [0.1, 0.15) is 4.83 Å². The third-order valence-electron chi connectivity index (χ3n) is 5.13. The van der Waals surface area contributed by atoms with E-state index < -0.39 is 0 Å². The summed E-state index contributed by atoms with van der Waals surface area (Å²) in [6.07, 6.45) is 0. The number of carbonyl (C=O) groups excluding carboxylic acids is 1. The smallest absolute Gasteiger partial charge is 0.264 e. The maximum absolute atomic E-state index is 12.9. The molecule has 150 valence electrons. The molecule has 0 bridgehead atoms. The number of amides is 1. The zero-order chi connectivity index (χ0) is 20.0. The number of thiophene rings is 2. The van der Waals surface area contributed by atoms with Crippen molar-refractivity contribution in [3.05, 3.63) is 40.0 Å². The van der Waals surface area contributed by atoms with Crippen molar-refractivity contribution in [1.29, 1.82) is 0 Å². The van der Waals surface area contributed by atoms with E-state index in [4.69, 9.17) is 4.52 Å². The summed E-state index contributed by atoms with van der Waals surface area (Å²) in [7, 11) is 1.92. The molecule has 0 N–H and O–H groups in total. The largest absolute Gasteiger partial charge is 0.338 e. The van der Waals surface area contributed by atoms with Gasteiger partial charge in [0, 0.05) is 38.6 Å². The van der Waals surface area contributed by atoms with Crippen LogP contribution in [-0.4, -0.2) is 61.8 Å². The molecule has 8 nitrogen and oxygen atoms in total. The molecule has 5 rings (SSSR count). The molecule has 0 aliphatic carbocycles. The molecule has 10 heteroatoms.